The van der Waals surface area contributed by atoms with E-state index in [0.717, 1.165) is 25.7 Å². The molecule has 0 aromatic carbocycles. The van der Waals surface area contributed by atoms with E-state index >= 15 is 0 Å². The normalized spacial score (nSPS) is 12.5. The van der Waals surface area contributed by atoms with Gasteiger partial charge in [-0.3, -0.25) is 0 Å². The van der Waals surface area contributed by atoms with Crippen LogP contribution in [0.2, 0.25) is 0 Å². The first-order valence-corrected chi connectivity index (χ1v) is 9.43. The summed E-state index contributed by atoms with van der Waals surface area (Å²) in [7, 11) is 0. The van der Waals surface area contributed by atoms with E-state index in [-0.39, 0.29) is 5.92 Å². The van der Waals surface area contributed by atoms with Crippen LogP contribution in [-0.4, -0.2) is 5.97 Å². The maximum atomic E-state index is 11.2. The molecule has 0 spiro atoms. The molecule has 0 aromatic rings. The van der Waals surface area contributed by atoms with Crippen molar-refractivity contribution in [2.24, 2.45) is 5.92 Å². The SMILES string of the molecule is CCCCCCCCCC(CCCCCCCC)C([O])=O. The van der Waals surface area contributed by atoms with Gasteiger partial charge in [0.25, 0.3) is 0 Å². The maximum absolute atomic E-state index is 11.2. The minimum atomic E-state index is -0.824. The van der Waals surface area contributed by atoms with Gasteiger partial charge < -0.3 is 0 Å². The fourth-order valence-corrected chi connectivity index (χ4v) is 2.90. The van der Waals surface area contributed by atoms with Crippen LogP contribution in [0.15, 0.2) is 0 Å². The quantitative estimate of drug-likeness (QED) is 0.301. The van der Waals surface area contributed by atoms with Gasteiger partial charge in [-0.25, -0.2) is 9.90 Å². The molecule has 1 atom stereocenters. The molecule has 0 aliphatic rings. The molecule has 0 saturated carbocycles. The van der Waals surface area contributed by atoms with E-state index in [9.17, 15) is 9.90 Å². The van der Waals surface area contributed by atoms with Crippen molar-refractivity contribution in [1.29, 1.82) is 0 Å². The summed E-state index contributed by atoms with van der Waals surface area (Å²) in [5.41, 5.74) is 0. The standard InChI is InChI=1S/C19H37O2/c1-3-5-7-9-11-13-15-17-18(19(20)21)16-14-12-10-8-6-4-2/h18H,3-17H2,1-2H3. The Morgan fingerprint density at radius 3 is 1.29 bits per heavy atom. The average Bonchev–Trinajstić information content (AvgIpc) is 2.47. The molecule has 0 rings (SSSR count). The highest BCUT2D eigenvalue weighted by Gasteiger charge is 2.18. The van der Waals surface area contributed by atoms with Gasteiger partial charge >= 0.3 is 5.97 Å². The smallest absolute Gasteiger partial charge is 0.247 e. The molecule has 0 aromatic heterocycles. The molecule has 21 heavy (non-hydrogen) atoms. The van der Waals surface area contributed by atoms with E-state index in [1.165, 1.54) is 70.6 Å². The summed E-state index contributed by atoms with van der Waals surface area (Å²) in [4.78, 5) is 11.2. The molecule has 0 fully saturated rings. The molecule has 1 unspecified atom stereocenters. The third-order valence-corrected chi connectivity index (χ3v) is 4.40. The van der Waals surface area contributed by atoms with Gasteiger partial charge in [-0.2, -0.15) is 0 Å². The first kappa shape index (κ1) is 20.5. The van der Waals surface area contributed by atoms with Crippen LogP contribution in [0, 0.1) is 5.92 Å². The van der Waals surface area contributed by atoms with Gasteiger partial charge in [0, 0.05) is 0 Å². The van der Waals surface area contributed by atoms with Crippen molar-refractivity contribution < 1.29 is 9.90 Å². The number of rotatable bonds is 16. The molecule has 0 heterocycles. The molecule has 2 heteroatoms. The second kappa shape index (κ2) is 15.9. The topological polar surface area (TPSA) is 37.0 Å². The van der Waals surface area contributed by atoms with Crippen molar-refractivity contribution in [3.8, 4) is 0 Å². The average molecular weight is 298 g/mol. The summed E-state index contributed by atoms with van der Waals surface area (Å²) in [5, 5.41) is 11.2. The highest BCUT2D eigenvalue weighted by molar-refractivity contribution is 5.69. The summed E-state index contributed by atoms with van der Waals surface area (Å²) in [6, 6.07) is 0. The molecule has 1 radical (unpaired) electrons. The monoisotopic (exact) mass is 297 g/mol. The van der Waals surface area contributed by atoms with E-state index in [1.54, 1.807) is 0 Å². The molecule has 0 aliphatic carbocycles. The Hall–Kier alpha value is -0.530. The van der Waals surface area contributed by atoms with Gasteiger partial charge in [-0.15, -0.1) is 0 Å². The second-order valence-corrected chi connectivity index (χ2v) is 6.48. The fraction of sp³-hybridized carbons (Fsp3) is 0.947. The van der Waals surface area contributed by atoms with E-state index < -0.39 is 5.97 Å². The predicted octanol–water partition coefficient (Wildman–Crippen LogP) is 6.45. The van der Waals surface area contributed by atoms with Crippen LogP contribution >= 0.6 is 0 Å². The highest BCUT2D eigenvalue weighted by atomic mass is 16.4. The van der Waals surface area contributed by atoms with Crippen molar-refractivity contribution >= 4 is 5.97 Å². The summed E-state index contributed by atoms with van der Waals surface area (Å²) in [5.74, 6) is -1.03. The van der Waals surface area contributed by atoms with E-state index in [0.29, 0.717) is 0 Å². The Bertz CT molecular complexity index is 226. The lowest BCUT2D eigenvalue weighted by Gasteiger charge is -2.10. The number of carbonyl (C=O) groups excluding carboxylic acids is 1. The minimum Gasteiger partial charge on any atom is -0.247 e. The summed E-state index contributed by atoms with van der Waals surface area (Å²) >= 11 is 0. The lowest BCUT2D eigenvalue weighted by Crippen LogP contribution is -2.12. The Morgan fingerprint density at radius 1 is 0.619 bits per heavy atom. The largest absolute Gasteiger partial charge is 0.358 e. The molecule has 0 N–H and O–H groups in total. The van der Waals surface area contributed by atoms with Crippen LogP contribution in [0.25, 0.3) is 0 Å². The first-order valence-electron chi connectivity index (χ1n) is 9.43. The zero-order chi connectivity index (χ0) is 15.8. The third-order valence-electron chi connectivity index (χ3n) is 4.40. The molecule has 2 nitrogen and oxygen atoms in total. The maximum Gasteiger partial charge on any atom is 0.358 e. The summed E-state index contributed by atoms with van der Waals surface area (Å²) in [6.45, 7) is 4.45. The number of carbonyl (C=O) groups is 1. The summed E-state index contributed by atoms with van der Waals surface area (Å²) < 4.78 is 0. The minimum absolute atomic E-state index is 0.202. The molecule has 0 aliphatic heterocycles. The van der Waals surface area contributed by atoms with Crippen LogP contribution in [0.1, 0.15) is 110 Å². The molecular weight excluding hydrogens is 260 g/mol. The highest BCUT2D eigenvalue weighted by Crippen LogP contribution is 2.19. The van der Waals surface area contributed by atoms with Crippen molar-refractivity contribution in [3.63, 3.8) is 0 Å². The lowest BCUT2D eigenvalue weighted by atomic mass is 9.94. The Morgan fingerprint density at radius 2 is 0.952 bits per heavy atom. The van der Waals surface area contributed by atoms with Gasteiger partial charge in [0.05, 0.1) is 5.92 Å². The van der Waals surface area contributed by atoms with E-state index in [4.69, 9.17) is 0 Å². The van der Waals surface area contributed by atoms with Gasteiger partial charge in [-0.05, 0) is 12.8 Å². The Kier molecular flexibility index (Phi) is 15.5. The zero-order valence-electron chi connectivity index (χ0n) is 14.5. The van der Waals surface area contributed by atoms with Crippen LogP contribution in [-0.2, 0) is 9.90 Å². The fourth-order valence-electron chi connectivity index (χ4n) is 2.90. The van der Waals surface area contributed by atoms with Gasteiger partial charge in [0.2, 0.25) is 0 Å². The van der Waals surface area contributed by atoms with E-state index in [2.05, 4.69) is 13.8 Å². The second-order valence-electron chi connectivity index (χ2n) is 6.48. The van der Waals surface area contributed by atoms with Crippen molar-refractivity contribution in [1.82, 2.24) is 0 Å². The molecule has 0 saturated heterocycles. The van der Waals surface area contributed by atoms with Crippen LogP contribution in [0.3, 0.4) is 0 Å². The molecule has 125 valence electrons. The number of hydrogen-bond acceptors (Lipinski definition) is 1. The van der Waals surface area contributed by atoms with Crippen LogP contribution in [0.5, 0.6) is 0 Å². The van der Waals surface area contributed by atoms with Crippen molar-refractivity contribution in [3.05, 3.63) is 0 Å². The zero-order valence-corrected chi connectivity index (χ0v) is 14.5. The Labute approximate surface area is 132 Å². The van der Waals surface area contributed by atoms with Gasteiger partial charge in [0.15, 0.2) is 0 Å². The summed E-state index contributed by atoms with van der Waals surface area (Å²) in [6.07, 6.45) is 17.8. The lowest BCUT2D eigenvalue weighted by molar-refractivity contribution is -0.148. The third kappa shape index (κ3) is 14.2. The van der Waals surface area contributed by atoms with Crippen molar-refractivity contribution in [2.75, 3.05) is 0 Å². The van der Waals surface area contributed by atoms with Crippen molar-refractivity contribution in [2.45, 2.75) is 110 Å². The predicted molar refractivity (Wildman–Crippen MR) is 89.8 cm³/mol. The van der Waals surface area contributed by atoms with Crippen LogP contribution < -0.4 is 0 Å². The molecule has 0 amide bonds. The number of unbranched alkanes of at least 4 members (excludes halogenated alkanes) is 11. The van der Waals surface area contributed by atoms with E-state index in [1.807, 2.05) is 0 Å². The Balaban J connectivity index is 3.52. The van der Waals surface area contributed by atoms with Gasteiger partial charge in [-0.1, -0.05) is 97.3 Å². The first-order chi connectivity index (χ1) is 10.2. The van der Waals surface area contributed by atoms with Crippen LogP contribution in [0.4, 0.5) is 0 Å². The molecule has 0 bridgehead atoms. The number of hydrogen-bond donors (Lipinski definition) is 0. The van der Waals surface area contributed by atoms with Gasteiger partial charge in [0.1, 0.15) is 0 Å². The molecular formula is C19H37O2.